The summed E-state index contributed by atoms with van der Waals surface area (Å²) < 4.78 is 10.4. The summed E-state index contributed by atoms with van der Waals surface area (Å²) in [6.07, 6.45) is 12.1. The zero-order valence-electron chi connectivity index (χ0n) is 19.9. The highest BCUT2D eigenvalue weighted by molar-refractivity contribution is 5.81. The minimum atomic E-state index is -0.407. The van der Waals surface area contributed by atoms with Gasteiger partial charge in [-0.25, -0.2) is 0 Å². The molecule has 0 radical (unpaired) electrons. The number of rotatable bonds is 10. The Labute approximate surface area is 188 Å². The van der Waals surface area contributed by atoms with Gasteiger partial charge in [-0.15, -0.1) is 0 Å². The minimum Gasteiger partial charge on any atom is -0.464 e. The molecule has 1 aromatic heterocycles. The molecule has 2 N–H and O–H groups in total. The summed E-state index contributed by atoms with van der Waals surface area (Å²) in [6, 6.07) is 8.38. The van der Waals surface area contributed by atoms with Gasteiger partial charge in [0.15, 0.2) is 0 Å². The van der Waals surface area contributed by atoms with Crippen LogP contribution in [-0.4, -0.2) is 44.2 Å². The fourth-order valence-electron chi connectivity index (χ4n) is 4.42. The number of furan rings is 1. The predicted octanol–water partition coefficient (Wildman–Crippen LogP) is 5.73. The lowest BCUT2D eigenvalue weighted by Crippen LogP contribution is -2.29. The van der Waals surface area contributed by atoms with Crippen LogP contribution in [0.5, 0.6) is 0 Å². The molecule has 5 heteroatoms. The molecular weight excluding hydrogens is 388 g/mol. The summed E-state index contributed by atoms with van der Waals surface area (Å²) in [4.78, 5) is 12.8. The maximum Gasteiger partial charge on any atom is 0.246 e. The maximum absolute atomic E-state index is 10.3. The molecule has 2 aromatic rings. The highest BCUT2D eigenvalue weighted by atomic mass is 16.5. The van der Waals surface area contributed by atoms with Gasteiger partial charge < -0.3 is 19.8 Å². The van der Waals surface area contributed by atoms with E-state index >= 15 is 0 Å². The smallest absolute Gasteiger partial charge is 0.246 e. The molecule has 3 rings (SSSR count). The second-order valence-electron chi connectivity index (χ2n) is 9.01. The lowest BCUT2D eigenvalue weighted by atomic mass is 9.87. The summed E-state index contributed by atoms with van der Waals surface area (Å²) in [7, 11) is 3.75. The van der Waals surface area contributed by atoms with E-state index in [0.29, 0.717) is 12.3 Å². The van der Waals surface area contributed by atoms with Crippen LogP contribution >= 0.6 is 0 Å². The third-order valence-electron chi connectivity index (χ3n) is 6.60. The van der Waals surface area contributed by atoms with Gasteiger partial charge in [-0.2, -0.15) is 0 Å². The SMILES string of the molecule is CC(CCN(C)CCC1CCCCC1)c1coc2ccccc12.CCC(OC)C(N)=O. The zero-order chi connectivity index (χ0) is 22.6. The molecule has 1 aliphatic rings. The molecule has 1 heterocycles. The van der Waals surface area contributed by atoms with Crippen LogP contribution in [-0.2, 0) is 9.53 Å². The highest BCUT2D eigenvalue weighted by Crippen LogP contribution is 2.30. The van der Waals surface area contributed by atoms with E-state index in [1.54, 1.807) is 0 Å². The van der Waals surface area contributed by atoms with E-state index in [9.17, 15) is 4.79 Å². The first kappa shape index (κ1) is 25.4. The van der Waals surface area contributed by atoms with Crippen molar-refractivity contribution in [2.45, 2.75) is 77.2 Å². The Kier molecular flexibility index (Phi) is 11.1. The summed E-state index contributed by atoms with van der Waals surface area (Å²) in [5.41, 5.74) is 7.27. The summed E-state index contributed by atoms with van der Waals surface area (Å²) >= 11 is 0. The Bertz CT molecular complexity index is 763. The van der Waals surface area contributed by atoms with Crippen molar-refractivity contribution in [3.05, 3.63) is 36.1 Å². The first-order chi connectivity index (χ1) is 15.0. The van der Waals surface area contributed by atoms with Crippen molar-refractivity contribution < 1.29 is 13.9 Å². The molecule has 5 nitrogen and oxygen atoms in total. The molecular formula is C26H42N2O3. The number of hydrogen-bond acceptors (Lipinski definition) is 4. The number of nitrogens with two attached hydrogens (primary N) is 1. The van der Waals surface area contributed by atoms with E-state index in [0.717, 1.165) is 11.5 Å². The molecule has 0 spiro atoms. The average molecular weight is 431 g/mol. The average Bonchev–Trinajstić information content (AvgIpc) is 3.22. The molecule has 0 bridgehead atoms. The second-order valence-corrected chi connectivity index (χ2v) is 9.01. The van der Waals surface area contributed by atoms with Gasteiger partial charge in [0.1, 0.15) is 11.7 Å². The molecule has 1 saturated carbocycles. The van der Waals surface area contributed by atoms with Gasteiger partial charge in [0.2, 0.25) is 5.91 Å². The molecule has 1 fully saturated rings. The number of carbonyl (C=O) groups excluding carboxylic acids is 1. The second kappa shape index (κ2) is 13.5. The summed E-state index contributed by atoms with van der Waals surface area (Å²) in [6.45, 7) is 6.60. The van der Waals surface area contributed by atoms with Crippen LogP contribution in [0.15, 0.2) is 34.9 Å². The predicted molar refractivity (Wildman–Crippen MR) is 128 cm³/mol. The fraction of sp³-hybridized carbons (Fsp3) is 0.654. The Morgan fingerprint density at radius 1 is 1.23 bits per heavy atom. The molecule has 2 atom stereocenters. The number of ether oxygens (including phenoxy) is 1. The van der Waals surface area contributed by atoms with Crippen molar-refractivity contribution in [2.24, 2.45) is 11.7 Å². The van der Waals surface area contributed by atoms with E-state index in [1.807, 2.05) is 19.3 Å². The number of para-hydroxylation sites is 1. The van der Waals surface area contributed by atoms with E-state index in [-0.39, 0.29) is 0 Å². The number of nitrogens with zero attached hydrogens (tertiary/aromatic N) is 1. The van der Waals surface area contributed by atoms with Gasteiger partial charge in [0.25, 0.3) is 0 Å². The number of hydrogen-bond donors (Lipinski definition) is 1. The Balaban J connectivity index is 0.000000366. The fourth-order valence-corrected chi connectivity index (χ4v) is 4.42. The van der Waals surface area contributed by atoms with Gasteiger partial charge in [-0.3, -0.25) is 4.79 Å². The Hall–Kier alpha value is -1.85. The van der Waals surface area contributed by atoms with Crippen molar-refractivity contribution in [3.8, 4) is 0 Å². The minimum absolute atomic E-state index is 0.394. The number of carbonyl (C=O) groups is 1. The van der Waals surface area contributed by atoms with Crippen molar-refractivity contribution in [2.75, 3.05) is 27.2 Å². The van der Waals surface area contributed by atoms with Crippen LogP contribution in [0.3, 0.4) is 0 Å². The normalized spacial score (nSPS) is 16.7. The quantitative estimate of drug-likeness (QED) is 0.523. The van der Waals surface area contributed by atoms with Crippen LogP contribution in [0.2, 0.25) is 0 Å². The van der Waals surface area contributed by atoms with Crippen LogP contribution < -0.4 is 5.73 Å². The van der Waals surface area contributed by atoms with E-state index in [1.165, 1.54) is 76.1 Å². The third-order valence-corrected chi connectivity index (χ3v) is 6.60. The Morgan fingerprint density at radius 2 is 1.94 bits per heavy atom. The first-order valence-electron chi connectivity index (χ1n) is 11.9. The monoisotopic (exact) mass is 430 g/mol. The van der Waals surface area contributed by atoms with Crippen LogP contribution in [0, 0.1) is 5.92 Å². The van der Waals surface area contributed by atoms with Crippen LogP contribution in [0.4, 0.5) is 0 Å². The molecule has 1 aromatic carbocycles. The van der Waals surface area contributed by atoms with E-state index in [2.05, 4.69) is 41.8 Å². The summed E-state index contributed by atoms with van der Waals surface area (Å²) in [5, 5.41) is 1.28. The molecule has 1 aliphatic carbocycles. The number of fused-ring (bicyclic) bond motifs is 1. The number of primary amides is 1. The van der Waals surface area contributed by atoms with Crippen molar-refractivity contribution in [1.29, 1.82) is 0 Å². The number of benzene rings is 1. The van der Waals surface area contributed by atoms with Gasteiger partial charge in [0.05, 0.1) is 6.26 Å². The largest absolute Gasteiger partial charge is 0.464 e. The number of amides is 1. The molecule has 31 heavy (non-hydrogen) atoms. The first-order valence-corrected chi connectivity index (χ1v) is 11.9. The van der Waals surface area contributed by atoms with E-state index in [4.69, 9.17) is 10.2 Å². The lowest BCUT2D eigenvalue weighted by Gasteiger charge is -2.25. The topological polar surface area (TPSA) is 68.7 Å². The van der Waals surface area contributed by atoms with E-state index < -0.39 is 12.0 Å². The lowest BCUT2D eigenvalue weighted by molar-refractivity contribution is -0.127. The van der Waals surface area contributed by atoms with Crippen LogP contribution in [0.25, 0.3) is 11.0 Å². The zero-order valence-corrected chi connectivity index (χ0v) is 19.9. The molecule has 0 aliphatic heterocycles. The van der Waals surface area contributed by atoms with Crippen LogP contribution in [0.1, 0.15) is 76.7 Å². The molecule has 1 amide bonds. The van der Waals surface area contributed by atoms with Gasteiger partial charge in [-0.05, 0) is 57.3 Å². The molecule has 2 unspecified atom stereocenters. The van der Waals surface area contributed by atoms with Crippen molar-refractivity contribution in [1.82, 2.24) is 4.90 Å². The third kappa shape index (κ3) is 8.30. The standard InChI is InChI=1S/C21H31NO.C5H11NO2/c1-17(20-16-23-21-11-7-6-10-19(20)21)12-14-22(2)15-13-18-8-4-3-5-9-18;1-3-4(8-2)5(6)7/h6-7,10-11,16-18H,3-5,8-9,12-15H2,1-2H3;4H,3H2,1-2H3,(H2,6,7). The molecule has 0 saturated heterocycles. The molecule has 174 valence electrons. The number of methoxy groups -OCH3 is 1. The van der Waals surface area contributed by atoms with Crippen molar-refractivity contribution in [3.63, 3.8) is 0 Å². The van der Waals surface area contributed by atoms with Gasteiger partial charge in [0, 0.05) is 18.1 Å². The van der Waals surface area contributed by atoms with Gasteiger partial charge in [-0.1, -0.05) is 64.2 Å². The summed E-state index contributed by atoms with van der Waals surface area (Å²) in [5.74, 6) is 1.15. The van der Waals surface area contributed by atoms with Gasteiger partial charge >= 0.3 is 0 Å². The van der Waals surface area contributed by atoms with Crippen molar-refractivity contribution >= 4 is 16.9 Å². The highest BCUT2D eigenvalue weighted by Gasteiger charge is 2.16. The Morgan fingerprint density at radius 3 is 2.55 bits per heavy atom. The maximum atomic E-state index is 10.3.